The van der Waals surface area contributed by atoms with Gasteiger partial charge in [-0.15, -0.1) is 0 Å². The fourth-order valence-corrected chi connectivity index (χ4v) is 3.34. The van der Waals surface area contributed by atoms with Gasteiger partial charge in [0, 0.05) is 13.1 Å². The van der Waals surface area contributed by atoms with E-state index >= 15 is 0 Å². The molecule has 1 aromatic carbocycles. The molecule has 1 fully saturated rings. The van der Waals surface area contributed by atoms with E-state index in [4.69, 9.17) is 10.9 Å². The third kappa shape index (κ3) is 4.59. The van der Waals surface area contributed by atoms with Gasteiger partial charge in [0.25, 0.3) is 0 Å². The Kier molecular flexibility index (Phi) is 5.44. The number of nitrogens with one attached hydrogen (secondary N) is 1. The van der Waals surface area contributed by atoms with Crippen molar-refractivity contribution in [1.82, 2.24) is 4.90 Å². The van der Waals surface area contributed by atoms with E-state index in [2.05, 4.69) is 10.2 Å². The number of nitrogens with zero attached hydrogens (tertiary/aromatic N) is 1. The van der Waals surface area contributed by atoms with E-state index in [0.717, 1.165) is 26.2 Å². The molecule has 0 amide bonds. The molecule has 0 radical (unpaired) electrons. The highest BCUT2D eigenvalue weighted by Crippen LogP contribution is 2.25. The molecule has 1 aromatic rings. The number of anilines is 2. The largest absolute Gasteiger partial charge is 0.396 e. The van der Waals surface area contributed by atoms with Gasteiger partial charge in [0.1, 0.15) is 4.90 Å². The predicted molar refractivity (Wildman–Crippen MR) is 85.6 cm³/mol. The average molecular weight is 312 g/mol. The van der Waals surface area contributed by atoms with Gasteiger partial charge >= 0.3 is 0 Å². The van der Waals surface area contributed by atoms with Crippen LogP contribution in [0.3, 0.4) is 0 Å². The molecule has 7 heteroatoms. The molecule has 0 spiro atoms. The van der Waals surface area contributed by atoms with E-state index in [1.807, 2.05) is 0 Å². The maximum atomic E-state index is 11.4. The number of hydrogen-bond donors (Lipinski definition) is 3. The smallest absolute Gasteiger partial charge is 0.240 e. The molecule has 5 N–H and O–H groups in total. The molecule has 1 aliphatic rings. The number of likely N-dealkylation sites (tertiary alicyclic amines) is 1. The highest BCUT2D eigenvalue weighted by atomic mass is 32.2. The van der Waals surface area contributed by atoms with Crippen LogP contribution in [0.4, 0.5) is 11.4 Å². The molecule has 0 aromatic heterocycles. The summed E-state index contributed by atoms with van der Waals surface area (Å²) in [4.78, 5) is 2.40. The summed E-state index contributed by atoms with van der Waals surface area (Å²) in [5, 5.41) is 8.35. The van der Waals surface area contributed by atoms with Crippen molar-refractivity contribution in [3.05, 3.63) is 18.2 Å². The minimum atomic E-state index is -3.78. The molecule has 0 atom stereocenters. The molecule has 0 aliphatic carbocycles. The van der Waals surface area contributed by atoms with Crippen molar-refractivity contribution in [2.24, 2.45) is 5.14 Å². The Balaban J connectivity index is 1.94. The lowest BCUT2D eigenvalue weighted by Crippen LogP contribution is -2.30. The van der Waals surface area contributed by atoms with Crippen LogP contribution in [0.15, 0.2) is 23.1 Å². The van der Waals surface area contributed by atoms with Crippen LogP contribution in [0.5, 0.6) is 0 Å². The standard InChI is InChI=1S/C14H24N4O2S/c15-14-12(6-5-7-13(14)21(16,19)20)17-8-11-18-9-3-1-2-4-10-18/h5-7,17H,1-4,8-11,15H2,(H2,16,19,20). The molecule has 1 heterocycles. The van der Waals surface area contributed by atoms with Crippen LogP contribution in [0.1, 0.15) is 25.7 Å². The number of benzene rings is 1. The van der Waals surface area contributed by atoms with Gasteiger partial charge in [-0.05, 0) is 38.1 Å². The van der Waals surface area contributed by atoms with E-state index in [1.54, 1.807) is 12.1 Å². The molecule has 6 nitrogen and oxygen atoms in total. The van der Waals surface area contributed by atoms with Gasteiger partial charge < -0.3 is 16.0 Å². The highest BCUT2D eigenvalue weighted by molar-refractivity contribution is 7.89. The normalized spacial score (nSPS) is 17.4. The lowest BCUT2D eigenvalue weighted by molar-refractivity contribution is 0.296. The van der Waals surface area contributed by atoms with Crippen molar-refractivity contribution < 1.29 is 8.42 Å². The zero-order valence-corrected chi connectivity index (χ0v) is 13.0. The minimum Gasteiger partial charge on any atom is -0.396 e. The Morgan fingerprint density at radius 1 is 1.14 bits per heavy atom. The lowest BCUT2D eigenvalue weighted by atomic mass is 10.2. The van der Waals surface area contributed by atoms with Crippen LogP contribution in [-0.4, -0.2) is 39.5 Å². The zero-order valence-electron chi connectivity index (χ0n) is 12.2. The lowest BCUT2D eigenvalue weighted by Gasteiger charge is -2.20. The van der Waals surface area contributed by atoms with Crippen LogP contribution in [0.2, 0.25) is 0 Å². The van der Waals surface area contributed by atoms with Crippen molar-refractivity contribution in [2.75, 3.05) is 37.2 Å². The second-order valence-electron chi connectivity index (χ2n) is 5.45. The van der Waals surface area contributed by atoms with Crippen molar-refractivity contribution in [3.8, 4) is 0 Å². The van der Waals surface area contributed by atoms with Crippen LogP contribution in [0, 0.1) is 0 Å². The van der Waals surface area contributed by atoms with E-state index in [9.17, 15) is 8.42 Å². The summed E-state index contributed by atoms with van der Waals surface area (Å²) in [6.45, 7) is 3.93. The fourth-order valence-electron chi connectivity index (χ4n) is 2.65. The Hall–Kier alpha value is -1.31. The van der Waals surface area contributed by atoms with Gasteiger partial charge in [-0.2, -0.15) is 0 Å². The van der Waals surface area contributed by atoms with E-state index in [0.29, 0.717) is 5.69 Å². The van der Waals surface area contributed by atoms with Gasteiger partial charge in [-0.25, -0.2) is 13.6 Å². The number of rotatable bonds is 5. The molecule has 0 bridgehead atoms. The first-order valence-corrected chi connectivity index (χ1v) is 8.90. The van der Waals surface area contributed by atoms with Crippen LogP contribution in [-0.2, 0) is 10.0 Å². The van der Waals surface area contributed by atoms with Crippen LogP contribution >= 0.6 is 0 Å². The maximum Gasteiger partial charge on any atom is 0.240 e. The van der Waals surface area contributed by atoms with Crippen LogP contribution < -0.4 is 16.2 Å². The SMILES string of the molecule is Nc1c(NCCN2CCCCCC2)cccc1S(N)(=O)=O. The third-order valence-corrected chi connectivity index (χ3v) is 4.78. The topological polar surface area (TPSA) is 101 Å². The molecule has 21 heavy (non-hydrogen) atoms. The number of hydrogen-bond acceptors (Lipinski definition) is 5. The number of nitrogens with two attached hydrogens (primary N) is 2. The number of para-hydroxylation sites is 1. The summed E-state index contributed by atoms with van der Waals surface area (Å²) >= 11 is 0. The molecule has 1 aliphatic heterocycles. The molecule has 118 valence electrons. The quantitative estimate of drug-likeness (QED) is 0.709. The van der Waals surface area contributed by atoms with E-state index in [-0.39, 0.29) is 10.6 Å². The first kappa shape index (κ1) is 16.1. The van der Waals surface area contributed by atoms with Gasteiger partial charge in [-0.1, -0.05) is 18.9 Å². The Morgan fingerprint density at radius 2 is 1.81 bits per heavy atom. The molecule has 1 saturated heterocycles. The van der Waals surface area contributed by atoms with Crippen molar-refractivity contribution in [2.45, 2.75) is 30.6 Å². The zero-order chi connectivity index (χ0) is 15.3. The first-order chi connectivity index (χ1) is 9.98. The first-order valence-electron chi connectivity index (χ1n) is 7.36. The minimum absolute atomic E-state index is 0.0257. The Morgan fingerprint density at radius 3 is 2.43 bits per heavy atom. The van der Waals surface area contributed by atoms with Gasteiger partial charge in [-0.3, -0.25) is 0 Å². The maximum absolute atomic E-state index is 11.4. The molecule has 0 saturated carbocycles. The van der Waals surface area contributed by atoms with Gasteiger partial charge in [0.05, 0.1) is 11.4 Å². The number of sulfonamides is 1. The summed E-state index contributed by atoms with van der Waals surface area (Å²) in [6, 6.07) is 4.83. The average Bonchev–Trinajstić information content (AvgIpc) is 2.68. The predicted octanol–water partition coefficient (Wildman–Crippen LogP) is 1.20. The summed E-state index contributed by atoms with van der Waals surface area (Å²) in [7, 11) is -3.78. The second-order valence-corrected chi connectivity index (χ2v) is 6.97. The molecular weight excluding hydrogens is 288 g/mol. The van der Waals surface area contributed by atoms with Gasteiger partial charge in [0.15, 0.2) is 0 Å². The number of nitrogen functional groups attached to an aromatic ring is 1. The van der Waals surface area contributed by atoms with E-state index in [1.165, 1.54) is 31.7 Å². The van der Waals surface area contributed by atoms with Crippen molar-refractivity contribution >= 4 is 21.4 Å². The van der Waals surface area contributed by atoms with Crippen molar-refractivity contribution in [1.29, 1.82) is 0 Å². The second kappa shape index (κ2) is 7.11. The summed E-state index contributed by atoms with van der Waals surface area (Å²) < 4.78 is 22.9. The third-order valence-electron chi connectivity index (χ3n) is 3.81. The van der Waals surface area contributed by atoms with Gasteiger partial charge in [0.2, 0.25) is 10.0 Å². The Labute approximate surface area is 126 Å². The monoisotopic (exact) mass is 312 g/mol. The Bertz CT molecular complexity index is 566. The molecular formula is C14H24N4O2S. The number of primary sulfonamides is 1. The summed E-state index contributed by atoms with van der Waals surface area (Å²) in [5.41, 5.74) is 6.69. The van der Waals surface area contributed by atoms with E-state index < -0.39 is 10.0 Å². The summed E-state index contributed by atoms with van der Waals surface area (Å²) in [6.07, 6.45) is 5.13. The summed E-state index contributed by atoms with van der Waals surface area (Å²) in [5.74, 6) is 0. The molecule has 0 unspecified atom stereocenters. The highest BCUT2D eigenvalue weighted by Gasteiger charge is 2.15. The van der Waals surface area contributed by atoms with Crippen LogP contribution in [0.25, 0.3) is 0 Å². The van der Waals surface area contributed by atoms with Crippen molar-refractivity contribution in [3.63, 3.8) is 0 Å². The molecule has 2 rings (SSSR count). The fraction of sp³-hybridized carbons (Fsp3) is 0.571.